The molecule has 17 heavy (non-hydrogen) atoms. The minimum absolute atomic E-state index is 1.09. The number of pyridine rings is 1. The van der Waals surface area contributed by atoms with Crippen LogP contribution < -0.4 is 0 Å². The second-order valence-corrected chi connectivity index (χ2v) is 4.72. The highest BCUT2D eigenvalue weighted by molar-refractivity contribution is 6.07. The first-order chi connectivity index (χ1) is 8.16. The van der Waals surface area contributed by atoms with E-state index in [0.717, 1.165) is 11.2 Å². The van der Waals surface area contributed by atoms with E-state index in [9.17, 15) is 0 Å². The van der Waals surface area contributed by atoms with Gasteiger partial charge in [-0.2, -0.15) is 0 Å². The maximum absolute atomic E-state index is 4.71. The standard InChI is InChI=1S/C16H15N/c1-10-8-12(3)17-16-14-7-5-4-6-13(14)11(2)9-15(10)16/h4-9H,1-3H3. The normalized spacial score (nSPS) is 11.2. The molecule has 0 spiro atoms. The van der Waals surface area contributed by atoms with Crippen LogP contribution in [-0.4, -0.2) is 4.98 Å². The Morgan fingerprint density at radius 2 is 1.41 bits per heavy atom. The molecule has 0 saturated heterocycles. The molecule has 0 aliphatic carbocycles. The van der Waals surface area contributed by atoms with Crippen molar-refractivity contribution in [3.05, 3.63) is 53.2 Å². The van der Waals surface area contributed by atoms with E-state index < -0.39 is 0 Å². The Morgan fingerprint density at radius 1 is 0.765 bits per heavy atom. The average Bonchev–Trinajstić information content (AvgIpc) is 2.31. The van der Waals surface area contributed by atoms with Crippen molar-refractivity contribution in [1.29, 1.82) is 0 Å². The highest BCUT2D eigenvalue weighted by Crippen LogP contribution is 2.29. The van der Waals surface area contributed by atoms with Gasteiger partial charge in [-0.25, -0.2) is 0 Å². The Bertz CT molecular complexity index is 726. The first-order valence-electron chi connectivity index (χ1n) is 5.93. The predicted molar refractivity (Wildman–Crippen MR) is 73.5 cm³/mol. The number of rotatable bonds is 0. The van der Waals surface area contributed by atoms with Gasteiger partial charge in [-0.3, -0.25) is 4.98 Å². The van der Waals surface area contributed by atoms with Gasteiger partial charge in [0.05, 0.1) is 5.52 Å². The van der Waals surface area contributed by atoms with Gasteiger partial charge in [0.1, 0.15) is 0 Å². The average molecular weight is 221 g/mol. The lowest BCUT2D eigenvalue weighted by molar-refractivity contribution is 1.24. The highest BCUT2D eigenvalue weighted by atomic mass is 14.7. The molecule has 1 aromatic heterocycles. The van der Waals surface area contributed by atoms with Gasteiger partial charge >= 0.3 is 0 Å². The quantitative estimate of drug-likeness (QED) is 0.515. The summed E-state index contributed by atoms with van der Waals surface area (Å²) < 4.78 is 0. The third-order valence-corrected chi connectivity index (χ3v) is 3.36. The third kappa shape index (κ3) is 1.50. The first-order valence-corrected chi connectivity index (χ1v) is 5.93. The van der Waals surface area contributed by atoms with Crippen molar-refractivity contribution in [2.24, 2.45) is 0 Å². The molecule has 3 aromatic rings. The van der Waals surface area contributed by atoms with Crippen molar-refractivity contribution in [2.75, 3.05) is 0 Å². The molecule has 0 N–H and O–H groups in total. The van der Waals surface area contributed by atoms with Crippen LogP contribution in [0.1, 0.15) is 16.8 Å². The molecule has 1 heteroatoms. The number of benzene rings is 2. The molecule has 2 aromatic carbocycles. The minimum Gasteiger partial charge on any atom is -0.252 e. The molecule has 0 amide bonds. The van der Waals surface area contributed by atoms with Gasteiger partial charge < -0.3 is 0 Å². The summed E-state index contributed by atoms with van der Waals surface area (Å²) >= 11 is 0. The van der Waals surface area contributed by atoms with Gasteiger partial charge in [0.25, 0.3) is 0 Å². The zero-order chi connectivity index (χ0) is 12.0. The summed E-state index contributed by atoms with van der Waals surface area (Å²) in [6.07, 6.45) is 0. The summed E-state index contributed by atoms with van der Waals surface area (Å²) in [6.45, 7) is 6.38. The summed E-state index contributed by atoms with van der Waals surface area (Å²) in [4.78, 5) is 4.71. The van der Waals surface area contributed by atoms with E-state index in [2.05, 4.69) is 57.2 Å². The van der Waals surface area contributed by atoms with Crippen molar-refractivity contribution in [3.8, 4) is 0 Å². The number of hydrogen-bond donors (Lipinski definition) is 0. The van der Waals surface area contributed by atoms with Crippen LogP contribution in [0.15, 0.2) is 36.4 Å². The van der Waals surface area contributed by atoms with Crippen molar-refractivity contribution in [3.63, 3.8) is 0 Å². The largest absolute Gasteiger partial charge is 0.252 e. The molecule has 0 unspecified atom stereocenters. The molecule has 0 aliphatic rings. The fourth-order valence-corrected chi connectivity index (χ4v) is 2.56. The summed E-state index contributed by atoms with van der Waals surface area (Å²) in [5, 5.41) is 3.83. The zero-order valence-corrected chi connectivity index (χ0v) is 10.4. The topological polar surface area (TPSA) is 12.9 Å². The molecule has 3 rings (SSSR count). The molecule has 0 radical (unpaired) electrons. The van der Waals surface area contributed by atoms with Crippen molar-refractivity contribution in [2.45, 2.75) is 20.8 Å². The van der Waals surface area contributed by atoms with Crippen LogP contribution in [0.25, 0.3) is 21.7 Å². The maximum Gasteiger partial charge on any atom is 0.0786 e. The van der Waals surface area contributed by atoms with Crippen LogP contribution in [0.3, 0.4) is 0 Å². The summed E-state index contributed by atoms with van der Waals surface area (Å²) in [7, 11) is 0. The second-order valence-electron chi connectivity index (χ2n) is 4.72. The van der Waals surface area contributed by atoms with Crippen LogP contribution >= 0.6 is 0 Å². The van der Waals surface area contributed by atoms with Crippen molar-refractivity contribution in [1.82, 2.24) is 4.98 Å². The van der Waals surface area contributed by atoms with Gasteiger partial charge in [-0.05, 0) is 49.4 Å². The van der Waals surface area contributed by atoms with Gasteiger partial charge in [-0.15, -0.1) is 0 Å². The van der Waals surface area contributed by atoms with Crippen LogP contribution in [0.2, 0.25) is 0 Å². The zero-order valence-electron chi connectivity index (χ0n) is 10.4. The predicted octanol–water partition coefficient (Wildman–Crippen LogP) is 4.31. The number of aryl methyl sites for hydroxylation is 3. The lowest BCUT2D eigenvalue weighted by Crippen LogP contribution is -1.90. The van der Waals surface area contributed by atoms with Crippen molar-refractivity contribution < 1.29 is 0 Å². The fourth-order valence-electron chi connectivity index (χ4n) is 2.56. The number of fused-ring (bicyclic) bond motifs is 3. The van der Waals surface area contributed by atoms with Crippen LogP contribution in [0.4, 0.5) is 0 Å². The van der Waals surface area contributed by atoms with Crippen LogP contribution in [0, 0.1) is 20.8 Å². The number of hydrogen-bond acceptors (Lipinski definition) is 1. The Morgan fingerprint density at radius 3 is 2.18 bits per heavy atom. The molecule has 0 aliphatic heterocycles. The third-order valence-electron chi connectivity index (χ3n) is 3.36. The number of nitrogens with zero attached hydrogens (tertiary/aromatic N) is 1. The fraction of sp³-hybridized carbons (Fsp3) is 0.188. The van der Waals surface area contributed by atoms with E-state index in [0.29, 0.717) is 0 Å². The SMILES string of the molecule is Cc1cc(C)c2cc(C)c3ccccc3c2n1. The van der Waals surface area contributed by atoms with E-state index in [1.807, 2.05) is 0 Å². The number of aromatic nitrogens is 1. The lowest BCUT2D eigenvalue weighted by atomic mass is 9.98. The summed E-state index contributed by atoms with van der Waals surface area (Å²) in [6, 6.07) is 12.9. The molecule has 1 nitrogen and oxygen atoms in total. The van der Waals surface area contributed by atoms with E-state index in [1.165, 1.54) is 27.3 Å². The lowest BCUT2D eigenvalue weighted by Gasteiger charge is -2.09. The summed E-state index contributed by atoms with van der Waals surface area (Å²) in [5.74, 6) is 0. The van der Waals surface area contributed by atoms with E-state index in [1.54, 1.807) is 0 Å². The van der Waals surface area contributed by atoms with Gasteiger partial charge in [-0.1, -0.05) is 24.3 Å². The molecule has 1 heterocycles. The Hall–Kier alpha value is -1.89. The first kappa shape index (κ1) is 10.3. The molecule has 84 valence electrons. The Labute approximate surface area is 101 Å². The molecule has 0 saturated carbocycles. The second kappa shape index (κ2) is 3.56. The van der Waals surface area contributed by atoms with Crippen LogP contribution in [-0.2, 0) is 0 Å². The molecular weight excluding hydrogens is 206 g/mol. The maximum atomic E-state index is 4.71. The van der Waals surface area contributed by atoms with Gasteiger partial charge in [0.2, 0.25) is 0 Å². The Balaban J connectivity index is 2.63. The molecule has 0 fully saturated rings. The van der Waals surface area contributed by atoms with E-state index in [4.69, 9.17) is 4.98 Å². The van der Waals surface area contributed by atoms with Gasteiger partial charge in [0.15, 0.2) is 0 Å². The Kier molecular flexibility index (Phi) is 2.15. The van der Waals surface area contributed by atoms with Crippen molar-refractivity contribution >= 4 is 21.7 Å². The summed E-state index contributed by atoms with van der Waals surface area (Å²) in [5.41, 5.74) is 4.84. The van der Waals surface area contributed by atoms with E-state index >= 15 is 0 Å². The molecule has 0 atom stereocenters. The van der Waals surface area contributed by atoms with E-state index in [-0.39, 0.29) is 0 Å². The minimum atomic E-state index is 1.09. The molecular formula is C16H15N. The highest BCUT2D eigenvalue weighted by Gasteiger charge is 2.07. The van der Waals surface area contributed by atoms with Gasteiger partial charge in [0, 0.05) is 16.5 Å². The molecule has 0 bridgehead atoms. The van der Waals surface area contributed by atoms with Crippen LogP contribution in [0.5, 0.6) is 0 Å². The smallest absolute Gasteiger partial charge is 0.0786 e. The monoisotopic (exact) mass is 221 g/mol.